The van der Waals surface area contributed by atoms with E-state index in [9.17, 15) is 43.9 Å². The molecule has 0 aliphatic heterocycles. The topological polar surface area (TPSA) is 70.5 Å². The highest BCUT2D eigenvalue weighted by molar-refractivity contribution is 5.48. The summed E-state index contributed by atoms with van der Waals surface area (Å²) >= 11 is 0. The molecule has 0 saturated carbocycles. The lowest BCUT2D eigenvalue weighted by Gasteiger charge is -2.20. The molecule has 4 nitrogen and oxygen atoms in total. The average molecular weight is 410 g/mol. The van der Waals surface area contributed by atoms with Crippen LogP contribution in [-0.2, 0) is 0 Å². The van der Waals surface area contributed by atoms with Crippen LogP contribution in [-0.4, -0.2) is 6.29 Å². The summed E-state index contributed by atoms with van der Waals surface area (Å²) in [5, 5.41) is 0. The van der Waals surface area contributed by atoms with Gasteiger partial charge in [-0.2, -0.15) is 17.6 Å². The second kappa shape index (κ2) is 6.59. The van der Waals surface area contributed by atoms with E-state index in [0.717, 1.165) is 0 Å². The Labute approximate surface area is 141 Å². The van der Waals surface area contributed by atoms with E-state index in [-0.39, 0.29) is 0 Å². The van der Waals surface area contributed by atoms with Gasteiger partial charge in [-0.1, -0.05) is 0 Å². The smallest absolute Gasteiger partial charge is 0.394 e. The van der Waals surface area contributed by atoms with Gasteiger partial charge in [0.15, 0.2) is 23.3 Å². The minimum absolute atomic E-state index is 1.72. The summed E-state index contributed by atoms with van der Waals surface area (Å²) in [5.74, 6) is -24.4. The van der Waals surface area contributed by atoms with Crippen molar-refractivity contribution < 1.29 is 53.4 Å². The zero-order valence-electron chi connectivity index (χ0n) is 12.3. The fourth-order valence-corrected chi connectivity index (χ4v) is 1.69. The molecule has 2 rings (SSSR count). The molecule has 148 valence electrons. The van der Waals surface area contributed by atoms with Crippen molar-refractivity contribution in [2.45, 2.75) is 6.29 Å². The number of benzene rings is 2. The van der Waals surface area contributed by atoms with Crippen LogP contribution in [0.1, 0.15) is 0 Å². The minimum atomic E-state index is -5.48. The standard InChI is InChI=1S/C13H4F10N2O2/c14-1-5(18)11(6(19)2(15)9(1)24)26-13(22,23)27-12-7(20)3(16)10(25)4(17)8(12)21/h24-25H2. The van der Waals surface area contributed by atoms with E-state index in [1.807, 2.05) is 0 Å². The highest BCUT2D eigenvalue weighted by atomic mass is 19.3. The molecule has 27 heavy (non-hydrogen) atoms. The molecule has 14 heteroatoms. The number of ether oxygens (including phenoxy) is 2. The summed E-state index contributed by atoms with van der Waals surface area (Å²) in [6.45, 7) is 0. The molecule has 0 aliphatic rings. The molecule has 2 aromatic carbocycles. The van der Waals surface area contributed by atoms with Crippen LogP contribution in [0.5, 0.6) is 11.5 Å². The van der Waals surface area contributed by atoms with E-state index in [0.29, 0.717) is 0 Å². The van der Waals surface area contributed by atoms with Crippen LogP contribution >= 0.6 is 0 Å². The third kappa shape index (κ3) is 3.33. The maximum absolute atomic E-state index is 13.6. The molecule has 0 unspecified atom stereocenters. The van der Waals surface area contributed by atoms with Crippen molar-refractivity contribution in [1.82, 2.24) is 0 Å². The number of halogens is 10. The van der Waals surface area contributed by atoms with E-state index in [1.54, 1.807) is 0 Å². The number of hydrogen-bond acceptors (Lipinski definition) is 4. The quantitative estimate of drug-likeness (QED) is 0.347. The number of nitrogen functional groups attached to an aromatic ring is 2. The van der Waals surface area contributed by atoms with Crippen LogP contribution in [0.3, 0.4) is 0 Å². The monoisotopic (exact) mass is 410 g/mol. The Morgan fingerprint density at radius 2 is 0.704 bits per heavy atom. The van der Waals surface area contributed by atoms with Gasteiger partial charge in [0.05, 0.1) is 0 Å². The lowest BCUT2D eigenvalue weighted by atomic mass is 10.2. The minimum Gasteiger partial charge on any atom is -0.394 e. The number of rotatable bonds is 4. The Kier molecular flexibility index (Phi) is 4.94. The summed E-state index contributed by atoms with van der Waals surface area (Å²) in [6, 6.07) is 0. The third-order valence-electron chi connectivity index (χ3n) is 2.96. The van der Waals surface area contributed by atoms with Gasteiger partial charge in [-0.05, 0) is 0 Å². The summed E-state index contributed by atoms with van der Waals surface area (Å²) in [7, 11) is 0. The van der Waals surface area contributed by atoms with Crippen molar-refractivity contribution in [1.29, 1.82) is 0 Å². The van der Waals surface area contributed by atoms with E-state index >= 15 is 0 Å². The molecular weight excluding hydrogens is 406 g/mol. The molecule has 0 bridgehead atoms. The van der Waals surface area contributed by atoms with Crippen molar-refractivity contribution in [3.8, 4) is 11.5 Å². The van der Waals surface area contributed by atoms with E-state index < -0.39 is 75.7 Å². The SMILES string of the molecule is Nc1c(F)c(F)c(OC(F)(F)Oc2c(F)c(F)c(N)c(F)c2F)c(F)c1F. The summed E-state index contributed by atoms with van der Waals surface area (Å²) in [5.41, 5.74) is 5.81. The molecule has 0 aliphatic carbocycles. The molecule has 4 N–H and O–H groups in total. The summed E-state index contributed by atoms with van der Waals surface area (Å²) in [6.07, 6.45) is -5.48. The van der Waals surface area contributed by atoms with E-state index in [4.69, 9.17) is 0 Å². The Bertz CT molecular complexity index is 803. The van der Waals surface area contributed by atoms with Crippen molar-refractivity contribution in [3.05, 3.63) is 46.5 Å². The van der Waals surface area contributed by atoms with Crippen LogP contribution < -0.4 is 20.9 Å². The Morgan fingerprint density at radius 1 is 0.481 bits per heavy atom. The van der Waals surface area contributed by atoms with Crippen LogP contribution in [0, 0.1) is 46.5 Å². The van der Waals surface area contributed by atoms with E-state index in [1.165, 1.54) is 0 Å². The number of anilines is 2. The van der Waals surface area contributed by atoms with Crippen molar-refractivity contribution in [3.63, 3.8) is 0 Å². The second-order valence-corrected chi connectivity index (χ2v) is 4.66. The zero-order valence-corrected chi connectivity index (χ0v) is 12.3. The molecule has 0 saturated heterocycles. The molecule has 0 heterocycles. The van der Waals surface area contributed by atoms with Crippen LogP contribution in [0.4, 0.5) is 55.3 Å². The number of hydrogen-bond donors (Lipinski definition) is 2. The average Bonchev–Trinajstić information content (AvgIpc) is 2.62. The number of nitrogens with two attached hydrogens (primary N) is 2. The Morgan fingerprint density at radius 3 is 0.926 bits per heavy atom. The van der Waals surface area contributed by atoms with Crippen molar-refractivity contribution >= 4 is 11.4 Å². The Hall–Kier alpha value is -3.06. The first-order valence-corrected chi connectivity index (χ1v) is 6.28. The lowest BCUT2D eigenvalue weighted by Crippen LogP contribution is -2.34. The maximum Gasteiger partial charge on any atom is 0.586 e. The van der Waals surface area contributed by atoms with Gasteiger partial charge < -0.3 is 20.9 Å². The van der Waals surface area contributed by atoms with Gasteiger partial charge in [-0.15, -0.1) is 8.78 Å². The largest absolute Gasteiger partial charge is 0.586 e. The first-order chi connectivity index (χ1) is 12.3. The predicted molar refractivity (Wildman–Crippen MR) is 67.6 cm³/mol. The van der Waals surface area contributed by atoms with Crippen LogP contribution in [0.25, 0.3) is 0 Å². The maximum atomic E-state index is 13.6. The van der Waals surface area contributed by atoms with Gasteiger partial charge in [0.1, 0.15) is 11.4 Å². The highest BCUT2D eigenvalue weighted by Crippen LogP contribution is 2.38. The van der Waals surface area contributed by atoms with Gasteiger partial charge in [0, 0.05) is 0 Å². The zero-order chi connectivity index (χ0) is 20.8. The summed E-state index contributed by atoms with van der Waals surface area (Å²) < 4.78 is 140. The highest BCUT2D eigenvalue weighted by Gasteiger charge is 2.43. The van der Waals surface area contributed by atoms with E-state index in [2.05, 4.69) is 20.9 Å². The first kappa shape index (κ1) is 20.3. The molecule has 0 spiro atoms. The molecule has 0 amide bonds. The van der Waals surface area contributed by atoms with Crippen molar-refractivity contribution in [2.24, 2.45) is 0 Å². The summed E-state index contributed by atoms with van der Waals surface area (Å²) in [4.78, 5) is 0. The predicted octanol–water partition coefficient (Wildman–Crippen LogP) is 3.97. The van der Waals surface area contributed by atoms with Gasteiger partial charge in [0.2, 0.25) is 34.8 Å². The van der Waals surface area contributed by atoms with Gasteiger partial charge >= 0.3 is 6.29 Å². The fraction of sp³-hybridized carbons (Fsp3) is 0.0769. The molecule has 0 aromatic heterocycles. The number of alkyl halides is 2. The van der Waals surface area contributed by atoms with Crippen molar-refractivity contribution in [2.75, 3.05) is 11.5 Å². The van der Waals surface area contributed by atoms with Crippen LogP contribution in [0.2, 0.25) is 0 Å². The van der Waals surface area contributed by atoms with Gasteiger partial charge in [-0.3, -0.25) is 0 Å². The van der Waals surface area contributed by atoms with Crippen LogP contribution in [0.15, 0.2) is 0 Å². The fourth-order valence-electron chi connectivity index (χ4n) is 1.69. The normalized spacial score (nSPS) is 11.6. The molecule has 0 radical (unpaired) electrons. The van der Waals surface area contributed by atoms with Gasteiger partial charge in [-0.25, -0.2) is 17.6 Å². The molecule has 0 fully saturated rings. The lowest BCUT2D eigenvalue weighted by molar-refractivity contribution is -0.311. The molecule has 0 atom stereocenters. The third-order valence-corrected chi connectivity index (χ3v) is 2.96. The second-order valence-electron chi connectivity index (χ2n) is 4.66. The molecule has 2 aromatic rings. The van der Waals surface area contributed by atoms with Gasteiger partial charge in [0.25, 0.3) is 0 Å². The Balaban J connectivity index is 2.49. The first-order valence-electron chi connectivity index (χ1n) is 6.28. The molecular formula is C13H4F10N2O2.